The van der Waals surface area contributed by atoms with Gasteiger partial charge in [0.25, 0.3) is 5.91 Å². The van der Waals surface area contributed by atoms with E-state index >= 15 is 0 Å². The van der Waals surface area contributed by atoms with E-state index in [1.807, 2.05) is 39.3 Å². The van der Waals surface area contributed by atoms with Crippen LogP contribution >= 0.6 is 22.9 Å². The van der Waals surface area contributed by atoms with Crippen LogP contribution in [0.1, 0.15) is 16.1 Å². The Morgan fingerprint density at radius 2 is 2.00 bits per heavy atom. The van der Waals surface area contributed by atoms with Crippen molar-refractivity contribution in [3.63, 3.8) is 0 Å². The van der Waals surface area contributed by atoms with Crippen molar-refractivity contribution >= 4 is 44.6 Å². The molecule has 2 N–H and O–H groups in total. The van der Waals surface area contributed by atoms with Gasteiger partial charge in [0.05, 0.1) is 5.69 Å². The number of hydrogen-bond donors (Lipinski definition) is 1. The Labute approximate surface area is 134 Å². The molecule has 4 nitrogen and oxygen atoms in total. The molecule has 114 valence electrons. The summed E-state index contributed by atoms with van der Waals surface area (Å²) in [6, 6.07) is 5.53. The number of carbonyl (C=O) groups excluding carboxylic acids is 1. The first kappa shape index (κ1) is 16.1. The van der Waals surface area contributed by atoms with Crippen LogP contribution in [0.5, 0.6) is 0 Å². The summed E-state index contributed by atoms with van der Waals surface area (Å²) >= 11 is 7.41. The summed E-state index contributed by atoms with van der Waals surface area (Å²) in [5.41, 5.74) is 6.65. The fourth-order valence-electron chi connectivity index (χ4n) is 2.15. The van der Waals surface area contributed by atoms with Crippen molar-refractivity contribution in [2.75, 3.05) is 40.0 Å². The maximum atomic E-state index is 12.5. The molecule has 1 aromatic heterocycles. The van der Waals surface area contributed by atoms with Gasteiger partial charge in [0, 0.05) is 28.7 Å². The highest BCUT2D eigenvalue weighted by molar-refractivity contribution is 7.21. The molecule has 0 bridgehead atoms. The van der Waals surface area contributed by atoms with Gasteiger partial charge in [0.2, 0.25) is 0 Å². The highest BCUT2D eigenvalue weighted by Gasteiger charge is 2.19. The van der Waals surface area contributed by atoms with Gasteiger partial charge in [-0.3, -0.25) is 4.79 Å². The lowest BCUT2D eigenvalue weighted by atomic mass is 10.2. The topological polar surface area (TPSA) is 49.6 Å². The number of amides is 1. The Bertz CT molecular complexity index is 654. The van der Waals surface area contributed by atoms with Crippen LogP contribution in [-0.4, -0.2) is 49.9 Å². The Morgan fingerprint density at radius 1 is 1.29 bits per heavy atom. The third-order valence-electron chi connectivity index (χ3n) is 3.33. The molecule has 0 aliphatic carbocycles. The number of nitrogen functional groups attached to an aromatic ring is 1. The number of nitrogens with two attached hydrogens (primary N) is 1. The van der Waals surface area contributed by atoms with Gasteiger partial charge in [0.1, 0.15) is 4.88 Å². The van der Waals surface area contributed by atoms with Crippen molar-refractivity contribution in [2.45, 2.75) is 6.42 Å². The monoisotopic (exact) mass is 325 g/mol. The number of thiophene rings is 1. The Morgan fingerprint density at radius 3 is 2.67 bits per heavy atom. The highest BCUT2D eigenvalue weighted by atomic mass is 35.5. The first-order valence-corrected chi connectivity index (χ1v) is 7.97. The van der Waals surface area contributed by atoms with E-state index in [0.29, 0.717) is 22.1 Å². The van der Waals surface area contributed by atoms with Crippen molar-refractivity contribution in [3.8, 4) is 0 Å². The zero-order chi connectivity index (χ0) is 15.6. The van der Waals surface area contributed by atoms with Crippen molar-refractivity contribution in [3.05, 3.63) is 28.1 Å². The maximum absolute atomic E-state index is 12.5. The van der Waals surface area contributed by atoms with Gasteiger partial charge in [-0.2, -0.15) is 0 Å². The number of halogens is 1. The first-order chi connectivity index (χ1) is 9.90. The molecule has 0 atom stereocenters. The highest BCUT2D eigenvalue weighted by Crippen LogP contribution is 2.35. The lowest BCUT2D eigenvalue weighted by molar-refractivity contribution is 0.0796. The van der Waals surface area contributed by atoms with Gasteiger partial charge in [-0.05, 0) is 45.3 Å². The van der Waals surface area contributed by atoms with Crippen LogP contribution in [0.4, 0.5) is 5.69 Å². The molecular weight excluding hydrogens is 306 g/mol. The molecule has 0 radical (unpaired) electrons. The molecule has 0 saturated carbocycles. The second-order valence-corrected chi connectivity index (χ2v) is 6.86. The predicted octanol–water partition coefficient (Wildman–Crippen LogP) is 3.16. The summed E-state index contributed by atoms with van der Waals surface area (Å²) in [7, 11) is 5.86. The van der Waals surface area contributed by atoms with Crippen LogP contribution in [0.15, 0.2) is 18.2 Å². The number of fused-ring (bicyclic) bond motifs is 1. The van der Waals surface area contributed by atoms with Crippen LogP contribution in [0.25, 0.3) is 10.1 Å². The van der Waals surface area contributed by atoms with Crippen LogP contribution in [0.3, 0.4) is 0 Å². The van der Waals surface area contributed by atoms with Crippen LogP contribution < -0.4 is 5.73 Å². The SMILES string of the molecule is CN(C)CCCN(C)C(=O)c1sc2ccc(Cl)cc2c1N. The molecule has 1 amide bonds. The smallest absolute Gasteiger partial charge is 0.265 e. The minimum Gasteiger partial charge on any atom is -0.397 e. The maximum Gasteiger partial charge on any atom is 0.265 e. The molecule has 2 aromatic rings. The summed E-state index contributed by atoms with van der Waals surface area (Å²) in [5.74, 6) is -0.0245. The molecule has 0 saturated heterocycles. The van der Waals surface area contributed by atoms with Crippen LogP contribution in [0.2, 0.25) is 5.02 Å². The minimum atomic E-state index is -0.0245. The average molecular weight is 326 g/mol. The summed E-state index contributed by atoms with van der Waals surface area (Å²) in [5, 5.41) is 1.49. The standard InChI is InChI=1S/C15H20ClN3OS/c1-18(2)7-4-8-19(3)15(20)14-13(17)11-9-10(16)5-6-12(11)21-14/h5-6,9H,4,7-8,17H2,1-3H3. The summed E-state index contributed by atoms with van der Waals surface area (Å²) in [4.78, 5) is 16.9. The zero-order valence-corrected chi connectivity index (χ0v) is 14.1. The molecule has 21 heavy (non-hydrogen) atoms. The zero-order valence-electron chi connectivity index (χ0n) is 12.5. The van der Waals surface area contributed by atoms with E-state index in [9.17, 15) is 4.79 Å². The number of anilines is 1. The number of rotatable bonds is 5. The van der Waals surface area contributed by atoms with Crippen molar-refractivity contribution in [2.24, 2.45) is 0 Å². The van der Waals surface area contributed by atoms with Gasteiger partial charge in [-0.1, -0.05) is 11.6 Å². The molecule has 0 aliphatic rings. The van der Waals surface area contributed by atoms with Gasteiger partial charge in [0.15, 0.2) is 0 Å². The van der Waals surface area contributed by atoms with Gasteiger partial charge < -0.3 is 15.5 Å². The Kier molecular flexibility index (Phi) is 5.08. The van der Waals surface area contributed by atoms with E-state index in [0.717, 1.165) is 23.1 Å². The Balaban J connectivity index is 2.17. The molecule has 0 aliphatic heterocycles. The van der Waals surface area contributed by atoms with E-state index < -0.39 is 0 Å². The molecular formula is C15H20ClN3OS. The van der Waals surface area contributed by atoms with Gasteiger partial charge in [-0.25, -0.2) is 0 Å². The van der Waals surface area contributed by atoms with E-state index in [2.05, 4.69) is 4.90 Å². The fourth-order valence-corrected chi connectivity index (χ4v) is 3.42. The lowest BCUT2D eigenvalue weighted by Crippen LogP contribution is -2.29. The van der Waals surface area contributed by atoms with Crippen LogP contribution in [-0.2, 0) is 0 Å². The van der Waals surface area contributed by atoms with Gasteiger partial charge >= 0.3 is 0 Å². The number of nitrogens with zero attached hydrogens (tertiary/aromatic N) is 2. The third-order valence-corrected chi connectivity index (χ3v) is 4.74. The Hall–Kier alpha value is -1.30. The summed E-state index contributed by atoms with van der Waals surface area (Å²) < 4.78 is 0.988. The summed E-state index contributed by atoms with van der Waals surface area (Å²) in [6.45, 7) is 1.67. The van der Waals surface area contributed by atoms with Crippen LogP contribution in [0, 0.1) is 0 Å². The van der Waals surface area contributed by atoms with Crippen molar-refractivity contribution in [1.29, 1.82) is 0 Å². The van der Waals surface area contributed by atoms with E-state index in [1.165, 1.54) is 11.3 Å². The average Bonchev–Trinajstić information content (AvgIpc) is 2.74. The fraction of sp³-hybridized carbons (Fsp3) is 0.400. The summed E-state index contributed by atoms with van der Waals surface area (Å²) in [6.07, 6.45) is 0.936. The molecule has 0 fully saturated rings. The predicted molar refractivity (Wildman–Crippen MR) is 91.4 cm³/mol. The largest absolute Gasteiger partial charge is 0.397 e. The molecule has 6 heteroatoms. The number of hydrogen-bond acceptors (Lipinski definition) is 4. The quantitative estimate of drug-likeness (QED) is 0.918. The normalized spacial score (nSPS) is 11.3. The van der Waals surface area contributed by atoms with E-state index in [1.54, 1.807) is 4.90 Å². The molecule has 0 spiro atoms. The lowest BCUT2D eigenvalue weighted by Gasteiger charge is -2.18. The van der Waals surface area contributed by atoms with Crippen molar-refractivity contribution < 1.29 is 4.79 Å². The molecule has 2 rings (SSSR count). The van der Waals surface area contributed by atoms with Gasteiger partial charge in [-0.15, -0.1) is 11.3 Å². The second-order valence-electron chi connectivity index (χ2n) is 5.37. The third kappa shape index (κ3) is 3.67. The number of carbonyl (C=O) groups is 1. The number of benzene rings is 1. The molecule has 1 heterocycles. The molecule has 0 unspecified atom stereocenters. The van der Waals surface area contributed by atoms with E-state index in [4.69, 9.17) is 17.3 Å². The first-order valence-electron chi connectivity index (χ1n) is 6.78. The molecule has 1 aromatic carbocycles. The van der Waals surface area contributed by atoms with Crippen molar-refractivity contribution in [1.82, 2.24) is 9.80 Å². The second kappa shape index (κ2) is 6.64. The minimum absolute atomic E-state index is 0.0245. The van der Waals surface area contributed by atoms with E-state index in [-0.39, 0.29) is 5.91 Å².